The van der Waals surface area contributed by atoms with Gasteiger partial charge in [-0.15, -0.1) is 13.2 Å². The second-order valence-electron chi connectivity index (χ2n) is 2.63. The number of aliphatic hydroxyl groups excluding tert-OH is 1. The summed E-state index contributed by atoms with van der Waals surface area (Å²) in [5, 5.41) is 8.86. The molecule has 90 valence electrons. The van der Waals surface area contributed by atoms with Crippen molar-refractivity contribution in [2.45, 2.75) is 13.0 Å². The number of alkyl halides is 3. The number of hydrogen-bond acceptors (Lipinski definition) is 4. The molecule has 0 saturated carbocycles. The van der Waals surface area contributed by atoms with E-state index in [0.29, 0.717) is 3.57 Å². The zero-order valence-electron chi connectivity index (χ0n) is 8.01. The van der Waals surface area contributed by atoms with Crippen LogP contribution in [0.25, 0.3) is 0 Å². The zero-order valence-corrected chi connectivity index (χ0v) is 10.2. The smallest absolute Gasteiger partial charge is 0.480 e. The fourth-order valence-corrected chi connectivity index (χ4v) is 1.58. The second-order valence-corrected chi connectivity index (χ2v) is 3.79. The van der Waals surface area contributed by atoms with Gasteiger partial charge in [0.15, 0.2) is 5.75 Å². The SMILES string of the molecule is COc1nc(CO)c(OC(F)(F)F)cc1I. The molecule has 0 aromatic carbocycles. The van der Waals surface area contributed by atoms with Gasteiger partial charge in [-0.1, -0.05) is 0 Å². The molecule has 0 bridgehead atoms. The molecule has 0 aliphatic carbocycles. The topological polar surface area (TPSA) is 51.6 Å². The lowest BCUT2D eigenvalue weighted by molar-refractivity contribution is -0.275. The second kappa shape index (κ2) is 5.04. The molecule has 1 aromatic heterocycles. The number of pyridine rings is 1. The quantitative estimate of drug-likeness (QED) is 0.850. The van der Waals surface area contributed by atoms with Crippen LogP contribution in [0.1, 0.15) is 5.69 Å². The number of aliphatic hydroxyl groups is 1. The average molecular weight is 349 g/mol. The first-order valence-electron chi connectivity index (χ1n) is 3.97. The van der Waals surface area contributed by atoms with Crippen molar-refractivity contribution >= 4 is 22.6 Å². The molecule has 0 radical (unpaired) electrons. The Morgan fingerprint density at radius 3 is 2.56 bits per heavy atom. The molecule has 0 fully saturated rings. The highest BCUT2D eigenvalue weighted by Gasteiger charge is 2.32. The molecule has 0 saturated heterocycles. The summed E-state index contributed by atoms with van der Waals surface area (Å²) in [4.78, 5) is 3.69. The Morgan fingerprint density at radius 2 is 2.12 bits per heavy atom. The Kier molecular flexibility index (Phi) is 4.19. The molecule has 1 aromatic rings. The van der Waals surface area contributed by atoms with Crippen molar-refractivity contribution in [1.82, 2.24) is 4.98 Å². The predicted molar refractivity (Wildman–Crippen MR) is 56.1 cm³/mol. The van der Waals surface area contributed by atoms with Crippen LogP contribution in [0.15, 0.2) is 6.07 Å². The summed E-state index contributed by atoms with van der Waals surface area (Å²) in [6, 6.07) is 1.10. The first-order chi connectivity index (χ1) is 7.37. The van der Waals surface area contributed by atoms with E-state index in [9.17, 15) is 13.2 Å². The van der Waals surface area contributed by atoms with Gasteiger partial charge in [0.1, 0.15) is 5.69 Å². The first kappa shape index (κ1) is 13.3. The number of hydrogen-bond donors (Lipinski definition) is 1. The summed E-state index contributed by atoms with van der Waals surface area (Å²) in [6.07, 6.45) is -4.82. The number of aromatic nitrogens is 1. The fourth-order valence-electron chi connectivity index (χ4n) is 0.961. The Morgan fingerprint density at radius 1 is 1.50 bits per heavy atom. The minimum Gasteiger partial charge on any atom is -0.480 e. The van der Waals surface area contributed by atoms with Crippen LogP contribution in [-0.4, -0.2) is 23.6 Å². The largest absolute Gasteiger partial charge is 0.573 e. The molecule has 0 amide bonds. The molecule has 1 N–H and O–H groups in total. The highest BCUT2D eigenvalue weighted by Crippen LogP contribution is 2.30. The molecule has 0 aliphatic rings. The van der Waals surface area contributed by atoms with E-state index in [1.54, 1.807) is 22.6 Å². The van der Waals surface area contributed by atoms with Crippen LogP contribution in [0.4, 0.5) is 13.2 Å². The molecular weight excluding hydrogens is 342 g/mol. The van der Waals surface area contributed by atoms with Crippen molar-refractivity contribution in [1.29, 1.82) is 0 Å². The summed E-state index contributed by atoms with van der Waals surface area (Å²) < 4.78 is 44.9. The third-order valence-corrected chi connectivity index (χ3v) is 2.32. The van der Waals surface area contributed by atoms with Gasteiger partial charge in [0.2, 0.25) is 5.88 Å². The van der Waals surface area contributed by atoms with E-state index < -0.39 is 18.7 Å². The minimum atomic E-state index is -4.82. The Labute approximate surface area is 103 Å². The summed E-state index contributed by atoms with van der Waals surface area (Å²) >= 11 is 1.75. The molecule has 0 aliphatic heterocycles. The highest BCUT2D eigenvalue weighted by molar-refractivity contribution is 14.1. The van der Waals surface area contributed by atoms with E-state index in [4.69, 9.17) is 9.84 Å². The molecule has 0 spiro atoms. The van der Waals surface area contributed by atoms with Crippen molar-refractivity contribution in [2.24, 2.45) is 0 Å². The fraction of sp³-hybridized carbons (Fsp3) is 0.375. The maximum atomic E-state index is 12.0. The third-order valence-electron chi connectivity index (χ3n) is 1.55. The van der Waals surface area contributed by atoms with Crippen LogP contribution in [0, 0.1) is 3.57 Å². The Bertz CT molecular complexity index is 384. The molecule has 8 heteroatoms. The molecule has 0 unspecified atom stereocenters. The number of halogens is 4. The maximum absolute atomic E-state index is 12.0. The van der Waals surface area contributed by atoms with Crippen LogP contribution < -0.4 is 9.47 Å². The summed E-state index contributed by atoms with van der Waals surface area (Å²) in [5.41, 5.74) is -0.227. The van der Waals surface area contributed by atoms with E-state index in [0.717, 1.165) is 6.07 Å². The van der Waals surface area contributed by atoms with Gasteiger partial charge in [-0.25, -0.2) is 4.98 Å². The van der Waals surface area contributed by atoms with Crippen LogP contribution in [0.3, 0.4) is 0 Å². The highest BCUT2D eigenvalue weighted by atomic mass is 127. The Hall–Kier alpha value is -0.770. The minimum absolute atomic E-state index is 0.138. The van der Waals surface area contributed by atoms with Gasteiger partial charge in [-0.3, -0.25) is 0 Å². The van der Waals surface area contributed by atoms with Crippen molar-refractivity contribution in [3.63, 3.8) is 0 Å². The number of nitrogens with zero attached hydrogens (tertiary/aromatic N) is 1. The normalized spacial score (nSPS) is 11.4. The van der Waals surface area contributed by atoms with Gasteiger partial charge in [0, 0.05) is 6.07 Å². The molecule has 0 atom stereocenters. The lowest BCUT2D eigenvalue weighted by atomic mass is 10.3. The zero-order chi connectivity index (χ0) is 12.3. The molecule has 1 heterocycles. The van der Waals surface area contributed by atoms with E-state index >= 15 is 0 Å². The van der Waals surface area contributed by atoms with Crippen LogP contribution in [-0.2, 0) is 6.61 Å². The molecular formula is C8H7F3INO3. The maximum Gasteiger partial charge on any atom is 0.573 e. The standard InChI is InChI=1S/C8H7F3INO3/c1-15-7-4(12)2-6(5(3-14)13-7)16-8(9,10)11/h2,14H,3H2,1H3. The molecule has 1 rings (SSSR count). The first-order valence-corrected chi connectivity index (χ1v) is 5.05. The van der Waals surface area contributed by atoms with Crippen molar-refractivity contribution in [3.8, 4) is 11.6 Å². The lowest BCUT2D eigenvalue weighted by Crippen LogP contribution is -2.19. The third kappa shape index (κ3) is 3.37. The van der Waals surface area contributed by atoms with Crippen LogP contribution >= 0.6 is 22.6 Å². The van der Waals surface area contributed by atoms with E-state index in [2.05, 4.69) is 9.72 Å². The van der Waals surface area contributed by atoms with Crippen molar-refractivity contribution in [3.05, 3.63) is 15.3 Å². The Balaban J connectivity index is 3.13. The number of ether oxygens (including phenoxy) is 2. The van der Waals surface area contributed by atoms with E-state index in [1.807, 2.05) is 0 Å². The summed E-state index contributed by atoms with van der Waals surface area (Å²) in [5.74, 6) is -0.389. The predicted octanol–water partition coefficient (Wildman–Crippen LogP) is 2.09. The van der Waals surface area contributed by atoms with Gasteiger partial charge in [-0.05, 0) is 22.6 Å². The monoisotopic (exact) mass is 349 g/mol. The molecule has 4 nitrogen and oxygen atoms in total. The lowest BCUT2D eigenvalue weighted by Gasteiger charge is -2.13. The number of methoxy groups -OCH3 is 1. The van der Waals surface area contributed by atoms with Crippen LogP contribution in [0.2, 0.25) is 0 Å². The van der Waals surface area contributed by atoms with Gasteiger partial charge in [0.05, 0.1) is 17.3 Å². The van der Waals surface area contributed by atoms with Gasteiger partial charge < -0.3 is 14.6 Å². The van der Waals surface area contributed by atoms with Gasteiger partial charge in [0.25, 0.3) is 0 Å². The number of rotatable bonds is 3. The molecule has 16 heavy (non-hydrogen) atoms. The van der Waals surface area contributed by atoms with Crippen molar-refractivity contribution < 1.29 is 27.8 Å². The average Bonchev–Trinajstić information content (AvgIpc) is 2.16. The van der Waals surface area contributed by atoms with Crippen LogP contribution in [0.5, 0.6) is 11.6 Å². The van der Waals surface area contributed by atoms with E-state index in [1.165, 1.54) is 7.11 Å². The van der Waals surface area contributed by atoms with Gasteiger partial charge >= 0.3 is 6.36 Å². The van der Waals surface area contributed by atoms with E-state index in [-0.39, 0.29) is 11.6 Å². The summed E-state index contributed by atoms with van der Waals surface area (Å²) in [6.45, 7) is -0.668. The van der Waals surface area contributed by atoms with Gasteiger partial charge in [-0.2, -0.15) is 0 Å². The summed E-state index contributed by atoms with van der Waals surface area (Å²) in [7, 11) is 1.33. The van der Waals surface area contributed by atoms with Crippen molar-refractivity contribution in [2.75, 3.05) is 7.11 Å².